The molecule has 2 amide bonds. The van der Waals surface area contributed by atoms with Gasteiger partial charge < -0.3 is 10.2 Å². The molecule has 4 aromatic rings. The number of nitrogens with zero attached hydrogens (tertiary/aromatic N) is 5. The van der Waals surface area contributed by atoms with Crippen LogP contribution in [0.2, 0.25) is 0 Å². The van der Waals surface area contributed by atoms with Gasteiger partial charge in [-0.1, -0.05) is 29.8 Å². The van der Waals surface area contributed by atoms with Gasteiger partial charge in [0.05, 0.1) is 11.6 Å². The van der Waals surface area contributed by atoms with Crippen LogP contribution in [0, 0.1) is 12.8 Å². The summed E-state index contributed by atoms with van der Waals surface area (Å²) in [5, 5.41) is 15.2. The monoisotopic (exact) mass is 412 g/mol. The molecule has 154 valence electrons. The van der Waals surface area contributed by atoms with Crippen LogP contribution in [0.1, 0.15) is 12.0 Å². The van der Waals surface area contributed by atoms with E-state index in [4.69, 9.17) is 0 Å². The van der Waals surface area contributed by atoms with E-state index in [1.807, 2.05) is 67.6 Å². The first-order valence-electron chi connectivity index (χ1n) is 10.0. The van der Waals surface area contributed by atoms with E-state index in [-0.39, 0.29) is 18.2 Å². The van der Waals surface area contributed by atoms with Crippen LogP contribution in [0.25, 0.3) is 16.9 Å². The Morgan fingerprint density at radius 3 is 2.77 bits per heavy atom. The van der Waals surface area contributed by atoms with E-state index in [2.05, 4.69) is 20.6 Å². The number of fused-ring (bicyclic) bond motifs is 1. The van der Waals surface area contributed by atoms with Gasteiger partial charge in [0.15, 0.2) is 5.65 Å². The number of carbonyl (C=O) groups is 2. The standard InChI is InChI=1S/C23H20N6O2/c1-15-5-7-19(8-6-15)28-13-17(12-22(28)30)23(31)25-18-4-2-3-16(11-18)20-9-10-21-26-24-14-29(21)27-20/h2-11,14,17H,12-13H2,1H3,(H,25,31). The summed E-state index contributed by atoms with van der Waals surface area (Å²) in [5.74, 6) is -0.601. The van der Waals surface area contributed by atoms with E-state index in [9.17, 15) is 9.59 Å². The number of anilines is 2. The molecule has 0 bridgehead atoms. The second-order valence-corrected chi connectivity index (χ2v) is 7.66. The number of benzene rings is 2. The van der Waals surface area contributed by atoms with Gasteiger partial charge >= 0.3 is 0 Å². The number of carbonyl (C=O) groups excluding carboxylic acids is 2. The van der Waals surface area contributed by atoms with E-state index < -0.39 is 5.92 Å². The quantitative estimate of drug-likeness (QED) is 0.556. The van der Waals surface area contributed by atoms with Gasteiger partial charge in [-0.05, 0) is 43.3 Å². The molecule has 2 aromatic heterocycles. The van der Waals surface area contributed by atoms with Crippen molar-refractivity contribution in [1.29, 1.82) is 0 Å². The molecule has 5 rings (SSSR count). The predicted molar refractivity (Wildman–Crippen MR) is 116 cm³/mol. The Morgan fingerprint density at radius 1 is 1.10 bits per heavy atom. The molecule has 31 heavy (non-hydrogen) atoms. The van der Waals surface area contributed by atoms with Gasteiger partial charge in [-0.25, -0.2) is 0 Å². The molecule has 1 aliphatic rings. The first-order valence-corrected chi connectivity index (χ1v) is 10.0. The van der Waals surface area contributed by atoms with Crippen molar-refractivity contribution < 1.29 is 9.59 Å². The Morgan fingerprint density at radius 2 is 1.94 bits per heavy atom. The van der Waals surface area contributed by atoms with Crippen molar-refractivity contribution in [1.82, 2.24) is 19.8 Å². The molecule has 1 saturated heterocycles. The van der Waals surface area contributed by atoms with Crippen molar-refractivity contribution in [3.05, 3.63) is 72.6 Å². The van der Waals surface area contributed by atoms with Gasteiger partial charge in [-0.2, -0.15) is 9.61 Å². The molecular formula is C23H20N6O2. The Hall–Kier alpha value is -4.07. The minimum atomic E-state index is -0.399. The van der Waals surface area contributed by atoms with E-state index >= 15 is 0 Å². The number of amides is 2. The molecule has 1 atom stereocenters. The molecule has 1 N–H and O–H groups in total. The van der Waals surface area contributed by atoms with Gasteiger partial charge in [-0.15, -0.1) is 10.2 Å². The molecule has 0 aliphatic carbocycles. The molecule has 0 radical (unpaired) electrons. The van der Waals surface area contributed by atoms with E-state index in [1.54, 1.807) is 15.7 Å². The maximum atomic E-state index is 12.9. The summed E-state index contributed by atoms with van der Waals surface area (Å²) in [6, 6.07) is 18.9. The predicted octanol–water partition coefficient (Wildman–Crippen LogP) is 3.09. The fourth-order valence-corrected chi connectivity index (χ4v) is 3.74. The Balaban J connectivity index is 1.31. The van der Waals surface area contributed by atoms with Crippen LogP contribution >= 0.6 is 0 Å². The summed E-state index contributed by atoms with van der Waals surface area (Å²) in [6.45, 7) is 2.37. The maximum Gasteiger partial charge on any atom is 0.229 e. The van der Waals surface area contributed by atoms with Crippen molar-refractivity contribution in [3.63, 3.8) is 0 Å². The van der Waals surface area contributed by atoms with E-state index in [1.165, 1.54) is 0 Å². The van der Waals surface area contributed by atoms with Crippen molar-refractivity contribution >= 4 is 28.8 Å². The molecular weight excluding hydrogens is 392 g/mol. The van der Waals surface area contributed by atoms with Gasteiger partial charge in [0.2, 0.25) is 11.8 Å². The fraction of sp³-hybridized carbons (Fsp3) is 0.174. The lowest BCUT2D eigenvalue weighted by Gasteiger charge is -2.17. The molecule has 8 heteroatoms. The highest BCUT2D eigenvalue weighted by Gasteiger charge is 2.35. The summed E-state index contributed by atoms with van der Waals surface area (Å²) in [5.41, 5.74) is 4.87. The average Bonchev–Trinajstić information content (AvgIpc) is 3.40. The SMILES string of the molecule is Cc1ccc(N2CC(C(=O)Nc3cccc(-c4ccc5nncn5n4)c3)CC2=O)cc1. The lowest BCUT2D eigenvalue weighted by Crippen LogP contribution is -2.28. The summed E-state index contributed by atoms with van der Waals surface area (Å²) >= 11 is 0. The third kappa shape index (κ3) is 3.75. The van der Waals surface area contributed by atoms with Crippen LogP contribution in [0.15, 0.2) is 67.0 Å². The molecule has 0 spiro atoms. The van der Waals surface area contributed by atoms with Gasteiger partial charge in [-0.3, -0.25) is 9.59 Å². The van der Waals surface area contributed by atoms with Crippen LogP contribution in [-0.4, -0.2) is 38.2 Å². The van der Waals surface area contributed by atoms with Gasteiger partial charge in [0.1, 0.15) is 6.33 Å². The lowest BCUT2D eigenvalue weighted by molar-refractivity contribution is -0.122. The second-order valence-electron chi connectivity index (χ2n) is 7.66. The molecule has 3 heterocycles. The zero-order chi connectivity index (χ0) is 21.4. The van der Waals surface area contributed by atoms with Crippen molar-refractivity contribution in [3.8, 4) is 11.3 Å². The minimum Gasteiger partial charge on any atom is -0.326 e. The number of hydrogen-bond acceptors (Lipinski definition) is 5. The topological polar surface area (TPSA) is 92.5 Å². The zero-order valence-corrected chi connectivity index (χ0v) is 16.9. The van der Waals surface area contributed by atoms with Crippen molar-refractivity contribution in [2.45, 2.75) is 13.3 Å². The first-order chi connectivity index (χ1) is 15.1. The van der Waals surface area contributed by atoms with Crippen LogP contribution in [0.3, 0.4) is 0 Å². The molecule has 1 fully saturated rings. The minimum absolute atomic E-state index is 0.0378. The molecule has 1 aliphatic heterocycles. The third-order valence-corrected chi connectivity index (χ3v) is 5.43. The normalized spacial score (nSPS) is 16.1. The highest BCUT2D eigenvalue weighted by atomic mass is 16.2. The molecule has 0 saturated carbocycles. The summed E-state index contributed by atoms with van der Waals surface area (Å²) in [6.07, 6.45) is 1.74. The zero-order valence-electron chi connectivity index (χ0n) is 16.9. The molecule has 2 aromatic carbocycles. The summed E-state index contributed by atoms with van der Waals surface area (Å²) in [4.78, 5) is 27.0. The number of nitrogens with one attached hydrogen (secondary N) is 1. The van der Waals surface area contributed by atoms with Gasteiger partial charge in [0, 0.05) is 29.9 Å². The molecule has 1 unspecified atom stereocenters. The number of hydrogen-bond donors (Lipinski definition) is 1. The number of aryl methyl sites for hydroxylation is 1. The van der Waals surface area contributed by atoms with Crippen LogP contribution in [-0.2, 0) is 9.59 Å². The Bertz CT molecular complexity index is 1280. The van der Waals surface area contributed by atoms with Crippen LogP contribution in [0.4, 0.5) is 11.4 Å². The maximum absolute atomic E-state index is 12.9. The summed E-state index contributed by atoms with van der Waals surface area (Å²) in [7, 11) is 0. The average molecular weight is 412 g/mol. The first kappa shape index (κ1) is 18.9. The third-order valence-electron chi connectivity index (χ3n) is 5.43. The fourth-order valence-electron chi connectivity index (χ4n) is 3.74. The van der Waals surface area contributed by atoms with Crippen LogP contribution < -0.4 is 10.2 Å². The largest absolute Gasteiger partial charge is 0.326 e. The Kier molecular flexibility index (Phi) is 4.66. The second kappa shape index (κ2) is 7.64. The highest BCUT2D eigenvalue weighted by Crippen LogP contribution is 2.27. The van der Waals surface area contributed by atoms with E-state index in [0.29, 0.717) is 17.9 Å². The van der Waals surface area contributed by atoms with Crippen LogP contribution in [0.5, 0.6) is 0 Å². The van der Waals surface area contributed by atoms with Crippen molar-refractivity contribution in [2.75, 3.05) is 16.8 Å². The highest BCUT2D eigenvalue weighted by molar-refractivity contribution is 6.03. The van der Waals surface area contributed by atoms with Crippen molar-refractivity contribution in [2.24, 2.45) is 5.92 Å². The number of rotatable bonds is 4. The van der Waals surface area contributed by atoms with E-state index in [0.717, 1.165) is 22.5 Å². The lowest BCUT2D eigenvalue weighted by atomic mass is 10.1. The molecule has 8 nitrogen and oxygen atoms in total. The van der Waals surface area contributed by atoms with Gasteiger partial charge in [0.25, 0.3) is 0 Å². The number of aromatic nitrogens is 4. The smallest absolute Gasteiger partial charge is 0.229 e. The Labute approximate surface area is 178 Å². The summed E-state index contributed by atoms with van der Waals surface area (Å²) < 4.78 is 1.60.